The van der Waals surface area contributed by atoms with Crippen LogP contribution in [0.4, 0.5) is 5.69 Å². The number of carboxylic acids is 1. The lowest BCUT2D eigenvalue weighted by Crippen LogP contribution is -2.30. The van der Waals surface area contributed by atoms with Crippen LogP contribution in [0.5, 0.6) is 5.75 Å². The highest BCUT2D eigenvalue weighted by Gasteiger charge is 2.15. The van der Waals surface area contributed by atoms with Gasteiger partial charge in [-0.3, -0.25) is 4.79 Å². The van der Waals surface area contributed by atoms with E-state index < -0.39 is 12.1 Å². The van der Waals surface area contributed by atoms with E-state index in [1.165, 1.54) is 12.1 Å². The van der Waals surface area contributed by atoms with Crippen molar-refractivity contribution in [3.8, 4) is 5.75 Å². The number of anilines is 1. The molecule has 0 saturated carbocycles. The summed E-state index contributed by atoms with van der Waals surface area (Å²) < 4.78 is 5.55. The minimum absolute atomic E-state index is 0.116. The Bertz CT molecular complexity index is 679. The summed E-state index contributed by atoms with van der Waals surface area (Å²) >= 11 is 0. The largest absolute Gasteiger partial charge is 0.481 e. The number of carbonyl (C=O) groups is 2. The van der Waals surface area contributed by atoms with Crippen LogP contribution in [0.25, 0.3) is 0 Å². The van der Waals surface area contributed by atoms with Gasteiger partial charge in [0.2, 0.25) is 0 Å². The molecule has 1 amide bonds. The van der Waals surface area contributed by atoms with Gasteiger partial charge < -0.3 is 15.2 Å². The standard InChI is InChI=1S/C17H17NO4/c1-11-6-8-15(9-7-11)22-12(2)16(19)18-14-5-3-4-13(10-14)17(20)21/h3-10,12H,1-2H3,(H,18,19)(H,20,21)/t12-/m1/s1. The van der Waals surface area contributed by atoms with Gasteiger partial charge in [0, 0.05) is 5.69 Å². The molecule has 0 spiro atoms. The van der Waals surface area contributed by atoms with Crippen molar-refractivity contribution in [1.29, 1.82) is 0 Å². The molecule has 0 aromatic heterocycles. The van der Waals surface area contributed by atoms with E-state index in [-0.39, 0.29) is 11.5 Å². The Morgan fingerprint density at radius 2 is 1.82 bits per heavy atom. The second-order valence-corrected chi connectivity index (χ2v) is 4.95. The van der Waals surface area contributed by atoms with Crippen LogP contribution in [0.2, 0.25) is 0 Å². The average molecular weight is 299 g/mol. The van der Waals surface area contributed by atoms with E-state index >= 15 is 0 Å². The second kappa shape index (κ2) is 6.76. The molecule has 0 unspecified atom stereocenters. The van der Waals surface area contributed by atoms with Crippen LogP contribution in [-0.4, -0.2) is 23.1 Å². The minimum Gasteiger partial charge on any atom is -0.481 e. The summed E-state index contributed by atoms with van der Waals surface area (Å²) in [5, 5.41) is 11.6. The Labute approximate surface area is 128 Å². The van der Waals surface area contributed by atoms with Crippen LogP contribution in [0, 0.1) is 6.92 Å². The monoisotopic (exact) mass is 299 g/mol. The number of rotatable bonds is 5. The smallest absolute Gasteiger partial charge is 0.335 e. The van der Waals surface area contributed by atoms with Crippen LogP contribution in [0.15, 0.2) is 48.5 Å². The van der Waals surface area contributed by atoms with Gasteiger partial charge in [0.1, 0.15) is 5.75 Å². The maximum absolute atomic E-state index is 12.1. The minimum atomic E-state index is -1.04. The van der Waals surface area contributed by atoms with Crippen molar-refractivity contribution >= 4 is 17.6 Å². The number of aryl methyl sites for hydroxylation is 1. The predicted octanol–water partition coefficient (Wildman–Crippen LogP) is 3.10. The highest BCUT2D eigenvalue weighted by molar-refractivity contribution is 5.96. The number of carbonyl (C=O) groups excluding carboxylic acids is 1. The lowest BCUT2D eigenvalue weighted by Gasteiger charge is -2.15. The molecule has 2 aromatic carbocycles. The predicted molar refractivity (Wildman–Crippen MR) is 83.3 cm³/mol. The molecular formula is C17H17NO4. The Hall–Kier alpha value is -2.82. The quantitative estimate of drug-likeness (QED) is 0.889. The molecule has 0 saturated heterocycles. The highest BCUT2D eigenvalue weighted by atomic mass is 16.5. The summed E-state index contributed by atoms with van der Waals surface area (Å²) in [6.07, 6.45) is -0.698. The molecule has 5 nitrogen and oxygen atoms in total. The number of amides is 1. The molecule has 0 bridgehead atoms. The number of carboxylic acid groups (broad SMARTS) is 1. The third-order valence-corrected chi connectivity index (χ3v) is 3.08. The molecular weight excluding hydrogens is 282 g/mol. The zero-order chi connectivity index (χ0) is 16.1. The number of aromatic carboxylic acids is 1. The van der Waals surface area contributed by atoms with Gasteiger partial charge in [-0.1, -0.05) is 23.8 Å². The molecule has 22 heavy (non-hydrogen) atoms. The Kier molecular flexibility index (Phi) is 4.78. The first-order valence-corrected chi connectivity index (χ1v) is 6.83. The molecule has 5 heteroatoms. The molecule has 2 N–H and O–H groups in total. The van der Waals surface area contributed by atoms with Gasteiger partial charge in [0.05, 0.1) is 5.56 Å². The zero-order valence-corrected chi connectivity index (χ0v) is 12.4. The van der Waals surface area contributed by atoms with Crippen molar-refractivity contribution in [2.45, 2.75) is 20.0 Å². The van der Waals surface area contributed by atoms with Crippen LogP contribution in [0.1, 0.15) is 22.8 Å². The van der Waals surface area contributed by atoms with E-state index in [1.807, 2.05) is 19.1 Å². The van der Waals surface area contributed by atoms with E-state index in [4.69, 9.17) is 9.84 Å². The van der Waals surface area contributed by atoms with Crippen LogP contribution >= 0.6 is 0 Å². The molecule has 0 heterocycles. The number of ether oxygens (including phenoxy) is 1. The fourth-order valence-electron chi connectivity index (χ4n) is 1.85. The molecule has 2 aromatic rings. The Balaban J connectivity index is 2.00. The Morgan fingerprint density at radius 3 is 2.45 bits per heavy atom. The van der Waals surface area contributed by atoms with Crippen molar-refractivity contribution in [1.82, 2.24) is 0 Å². The summed E-state index contributed by atoms with van der Waals surface area (Å²) in [5.41, 5.74) is 1.64. The fraction of sp³-hybridized carbons (Fsp3) is 0.176. The number of nitrogens with one attached hydrogen (secondary N) is 1. The maximum atomic E-state index is 12.1. The lowest BCUT2D eigenvalue weighted by molar-refractivity contribution is -0.122. The molecule has 114 valence electrons. The van der Waals surface area contributed by atoms with Crippen LogP contribution in [0.3, 0.4) is 0 Å². The van der Waals surface area contributed by atoms with E-state index in [2.05, 4.69) is 5.32 Å². The van der Waals surface area contributed by atoms with Gasteiger partial charge in [-0.15, -0.1) is 0 Å². The van der Waals surface area contributed by atoms with Gasteiger partial charge in [0.15, 0.2) is 6.10 Å². The molecule has 0 aliphatic rings. The topological polar surface area (TPSA) is 75.6 Å². The molecule has 0 radical (unpaired) electrons. The van der Waals surface area contributed by atoms with Crippen LogP contribution < -0.4 is 10.1 Å². The van der Waals surface area contributed by atoms with Crippen molar-refractivity contribution in [3.63, 3.8) is 0 Å². The van der Waals surface area contributed by atoms with E-state index in [0.29, 0.717) is 11.4 Å². The zero-order valence-electron chi connectivity index (χ0n) is 12.4. The fourth-order valence-corrected chi connectivity index (χ4v) is 1.85. The van der Waals surface area contributed by atoms with Crippen molar-refractivity contribution in [2.24, 2.45) is 0 Å². The van der Waals surface area contributed by atoms with Crippen molar-refractivity contribution < 1.29 is 19.4 Å². The highest BCUT2D eigenvalue weighted by Crippen LogP contribution is 2.15. The summed E-state index contributed by atoms with van der Waals surface area (Å²) in [6.45, 7) is 3.60. The van der Waals surface area contributed by atoms with Crippen LogP contribution in [-0.2, 0) is 4.79 Å². The summed E-state index contributed by atoms with van der Waals surface area (Å²) in [4.78, 5) is 23.0. The first-order valence-electron chi connectivity index (χ1n) is 6.83. The lowest BCUT2D eigenvalue weighted by atomic mass is 10.2. The van der Waals surface area contributed by atoms with Gasteiger partial charge in [-0.05, 0) is 44.2 Å². The third kappa shape index (κ3) is 4.09. The number of hydrogen-bond donors (Lipinski definition) is 2. The van der Waals surface area contributed by atoms with Gasteiger partial charge in [-0.2, -0.15) is 0 Å². The summed E-state index contributed by atoms with van der Waals surface area (Å²) in [5.74, 6) is -0.782. The molecule has 0 fully saturated rings. The molecule has 0 aliphatic carbocycles. The van der Waals surface area contributed by atoms with Gasteiger partial charge in [0.25, 0.3) is 5.91 Å². The summed E-state index contributed by atoms with van der Waals surface area (Å²) in [6, 6.07) is 13.5. The molecule has 2 rings (SSSR count). The SMILES string of the molecule is Cc1ccc(O[C@H](C)C(=O)Nc2cccc(C(=O)O)c2)cc1. The second-order valence-electron chi connectivity index (χ2n) is 4.95. The van der Waals surface area contributed by atoms with Gasteiger partial charge in [-0.25, -0.2) is 4.79 Å². The van der Waals surface area contributed by atoms with Crippen molar-refractivity contribution in [2.75, 3.05) is 5.32 Å². The van der Waals surface area contributed by atoms with Crippen molar-refractivity contribution in [3.05, 3.63) is 59.7 Å². The molecule has 0 aliphatic heterocycles. The Morgan fingerprint density at radius 1 is 1.14 bits per heavy atom. The number of hydrogen-bond acceptors (Lipinski definition) is 3. The number of benzene rings is 2. The first kappa shape index (κ1) is 15.6. The normalized spacial score (nSPS) is 11.5. The maximum Gasteiger partial charge on any atom is 0.335 e. The van der Waals surface area contributed by atoms with E-state index in [0.717, 1.165) is 5.56 Å². The van der Waals surface area contributed by atoms with E-state index in [1.54, 1.807) is 31.2 Å². The average Bonchev–Trinajstić information content (AvgIpc) is 2.49. The molecule has 1 atom stereocenters. The van der Waals surface area contributed by atoms with Gasteiger partial charge >= 0.3 is 5.97 Å². The first-order chi connectivity index (χ1) is 10.5. The third-order valence-electron chi connectivity index (χ3n) is 3.08. The van der Waals surface area contributed by atoms with E-state index in [9.17, 15) is 9.59 Å². The summed E-state index contributed by atoms with van der Waals surface area (Å²) in [7, 11) is 0.